The van der Waals surface area contributed by atoms with Crippen LogP contribution in [0.4, 0.5) is 5.82 Å². The highest BCUT2D eigenvalue weighted by Crippen LogP contribution is 2.32. The van der Waals surface area contributed by atoms with Crippen LogP contribution < -0.4 is 10.1 Å². The molecule has 1 aliphatic rings. The van der Waals surface area contributed by atoms with Gasteiger partial charge >= 0.3 is 0 Å². The van der Waals surface area contributed by atoms with Crippen molar-refractivity contribution < 1.29 is 9.53 Å². The van der Waals surface area contributed by atoms with Crippen molar-refractivity contribution >= 4 is 45.8 Å². The van der Waals surface area contributed by atoms with Crippen LogP contribution in [0.25, 0.3) is 10.9 Å². The third-order valence-corrected chi connectivity index (χ3v) is 4.85. The van der Waals surface area contributed by atoms with Crippen LogP contribution in [0.2, 0.25) is 10.0 Å². The highest BCUT2D eigenvalue weighted by Gasteiger charge is 2.30. The first-order valence-electron chi connectivity index (χ1n) is 7.96. The summed E-state index contributed by atoms with van der Waals surface area (Å²) in [6.45, 7) is 0.365. The number of H-pyrrole nitrogens is 1. The zero-order valence-electron chi connectivity index (χ0n) is 13.2. The number of halogens is 2. The van der Waals surface area contributed by atoms with Crippen molar-refractivity contribution in [2.75, 3.05) is 5.32 Å². The largest absolute Gasteiger partial charge is 0.489 e. The van der Waals surface area contributed by atoms with E-state index in [0.717, 1.165) is 29.3 Å². The van der Waals surface area contributed by atoms with E-state index in [1.54, 1.807) is 12.1 Å². The second-order valence-corrected chi connectivity index (χ2v) is 6.89. The second-order valence-electron chi connectivity index (χ2n) is 6.08. The number of carbonyl (C=O) groups excluding carboxylic acids is 1. The highest BCUT2D eigenvalue weighted by atomic mass is 35.5. The number of hydrogen-bond acceptors (Lipinski definition) is 3. The molecule has 0 aliphatic heterocycles. The van der Waals surface area contributed by atoms with Crippen molar-refractivity contribution in [2.24, 2.45) is 5.92 Å². The molecule has 2 N–H and O–H groups in total. The lowest BCUT2D eigenvalue weighted by Crippen LogP contribution is -2.13. The van der Waals surface area contributed by atoms with Crippen LogP contribution in [0.3, 0.4) is 0 Å². The molecule has 0 unspecified atom stereocenters. The number of carbonyl (C=O) groups is 1. The van der Waals surface area contributed by atoms with Gasteiger partial charge in [0.1, 0.15) is 12.4 Å². The standard InChI is InChI=1S/C18H15Cl2N3O2/c19-14-5-1-10(7-15(14)20)9-25-12-4-6-16-13(8-12)17(23-22-16)21-18(24)11-2-3-11/h1,4-8,11H,2-3,9H2,(H2,21,22,23,24). The predicted octanol–water partition coefficient (Wildman–Crippen LogP) is 4.80. The Morgan fingerprint density at radius 3 is 2.80 bits per heavy atom. The lowest BCUT2D eigenvalue weighted by Gasteiger charge is -2.08. The fourth-order valence-electron chi connectivity index (χ4n) is 2.54. The van der Waals surface area contributed by atoms with Gasteiger partial charge in [-0.1, -0.05) is 29.3 Å². The van der Waals surface area contributed by atoms with Crippen LogP contribution in [0.1, 0.15) is 18.4 Å². The molecule has 0 atom stereocenters. The Hall–Kier alpha value is -2.24. The first-order valence-corrected chi connectivity index (χ1v) is 8.71. The summed E-state index contributed by atoms with van der Waals surface area (Å²) in [5.41, 5.74) is 1.76. The Bertz CT molecular complexity index is 951. The van der Waals surface area contributed by atoms with Gasteiger partial charge in [-0.2, -0.15) is 5.10 Å². The van der Waals surface area contributed by atoms with Crippen molar-refractivity contribution in [3.63, 3.8) is 0 Å². The third kappa shape index (κ3) is 3.57. The van der Waals surface area contributed by atoms with Crippen LogP contribution in [-0.2, 0) is 11.4 Å². The minimum Gasteiger partial charge on any atom is -0.489 e. The van der Waals surface area contributed by atoms with E-state index in [1.165, 1.54) is 0 Å². The molecule has 3 aromatic rings. The Morgan fingerprint density at radius 2 is 2.04 bits per heavy atom. The number of ether oxygens (including phenoxy) is 1. The molecule has 4 rings (SSSR count). The summed E-state index contributed by atoms with van der Waals surface area (Å²) in [6, 6.07) is 11.0. The molecule has 0 bridgehead atoms. The topological polar surface area (TPSA) is 67.0 Å². The SMILES string of the molecule is O=C(Nc1n[nH]c2ccc(OCc3ccc(Cl)c(Cl)c3)cc12)C1CC1. The van der Waals surface area contributed by atoms with E-state index in [4.69, 9.17) is 27.9 Å². The molecular formula is C18H15Cl2N3O2. The van der Waals surface area contributed by atoms with Crippen LogP contribution in [0.15, 0.2) is 36.4 Å². The van der Waals surface area contributed by atoms with E-state index in [1.807, 2.05) is 24.3 Å². The summed E-state index contributed by atoms with van der Waals surface area (Å²) in [5, 5.41) is 11.8. The molecule has 2 aromatic carbocycles. The molecule has 5 nitrogen and oxygen atoms in total. The molecule has 25 heavy (non-hydrogen) atoms. The average Bonchev–Trinajstić information content (AvgIpc) is 3.39. The molecule has 1 aliphatic carbocycles. The molecule has 1 aromatic heterocycles. The number of amides is 1. The molecule has 0 radical (unpaired) electrons. The Balaban J connectivity index is 1.51. The fraction of sp³-hybridized carbons (Fsp3) is 0.222. The van der Waals surface area contributed by atoms with Gasteiger partial charge in [0, 0.05) is 11.3 Å². The number of aromatic nitrogens is 2. The molecule has 1 amide bonds. The smallest absolute Gasteiger partial charge is 0.228 e. The van der Waals surface area contributed by atoms with Crippen molar-refractivity contribution in [1.29, 1.82) is 0 Å². The maximum Gasteiger partial charge on any atom is 0.228 e. The lowest BCUT2D eigenvalue weighted by molar-refractivity contribution is -0.117. The average molecular weight is 376 g/mol. The maximum atomic E-state index is 12.0. The normalized spacial score (nSPS) is 13.8. The van der Waals surface area contributed by atoms with Gasteiger partial charge in [0.15, 0.2) is 5.82 Å². The van der Waals surface area contributed by atoms with Crippen molar-refractivity contribution in [2.45, 2.75) is 19.4 Å². The number of fused-ring (bicyclic) bond motifs is 1. The lowest BCUT2D eigenvalue weighted by atomic mass is 10.2. The zero-order chi connectivity index (χ0) is 17.4. The van der Waals surface area contributed by atoms with E-state index in [-0.39, 0.29) is 11.8 Å². The zero-order valence-corrected chi connectivity index (χ0v) is 14.7. The Labute approximate surface area is 154 Å². The van der Waals surface area contributed by atoms with E-state index >= 15 is 0 Å². The van der Waals surface area contributed by atoms with Gasteiger partial charge < -0.3 is 10.1 Å². The van der Waals surface area contributed by atoms with Crippen LogP contribution in [-0.4, -0.2) is 16.1 Å². The number of hydrogen-bond donors (Lipinski definition) is 2. The molecule has 1 heterocycles. The number of aromatic amines is 1. The third-order valence-electron chi connectivity index (χ3n) is 4.11. The highest BCUT2D eigenvalue weighted by molar-refractivity contribution is 6.42. The Kier molecular flexibility index (Phi) is 4.27. The predicted molar refractivity (Wildman–Crippen MR) is 98.2 cm³/mol. The first-order chi connectivity index (χ1) is 12.1. The second kappa shape index (κ2) is 6.58. The van der Waals surface area contributed by atoms with Crippen LogP contribution >= 0.6 is 23.2 Å². The van der Waals surface area contributed by atoms with Gasteiger partial charge in [0.2, 0.25) is 5.91 Å². The maximum absolute atomic E-state index is 12.0. The number of nitrogens with zero attached hydrogens (tertiary/aromatic N) is 1. The minimum absolute atomic E-state index is 0.0236. The van der Waals surface area contributed by atoms with Gasteiger partial charge in [-0.25, -0.2) is 0 Å². The summed E-state index contributed by atoms with van der Waals surface area (Å²) in [5.74, 6) is 1.37. The number of benzene rings is 2. The quantitative estimate of drug-likeness (QED) is 0.672. The number of anilines is 1. The summed E-state index contributed by atoms with van der Waals surface area (Å²) >= 11 is 11.9. The summed E-state index contributed by atoms with van der Waals surface area (Å²) in [4.78, 5) is 12.0. The van der Waals surface area contributed by atoms with Crippen LogP contribution in [0, 0.1) is 5.92 Å². The molecule has 0 saturated heterocycles. The molecule has 1 saturated carbocycles. The van der Waals surface area contributed by atoms with Gasteiger partial charge in [0.05, 0.1) is 15.6 Å². The minimum atomic E-state index is 0.0236. The van der Waals surface area contributed by atoms with E-state index in [0.29, 0.717) is 28.2 Å². The summed E-state index contributed by atoms with van der Waals surface area (Å²) in [7, 11) is 0. The van der Waals surface area contributed by atoms with E-state index in [9.17, 15) is 4.79 Å². The monoisotopic (exact) mass is 375 g/mol. The molecular weight excluding hydrogens is 361 g/mol. The summed E-state index contributed by atoms with van der Waals surface area (Å²) in [6.07, 6.45) is 1.90. The van der Waals surface area contributed by atoms with E-state index in [2.05, 4.69) is 15.5 Å². The van der Waals surface area contributed by atoms with Gasteiger partial charge in [0.25, 0.3) is 0 Å². The van der Waals surface area contributed by atoms with Gasteiger partial charge in [-0.15, -0.1) is 0 Å². The molecule has 128 valence electrons. The van der Waals surface area contributed by atoms with Crippen molar-refractivity contribution in [3.05, 3.63) is 52.0 Å². The number of rotatable bonds is 5. The first kappa shape index (κ1) is 16.2. The number of nitrogens with one attached hydrogen (secondary N) is 2. The van der Waals surface area contributed by atoms with Crippen molar-refractivity contribution in [3.8, 4) is 5.75 Å². The molecule has 7 heteroatoms. The van der Waals surface area contributed by atoms with E-state index < -0.39 is 0 Å². The van der Waals surface area contributed by atoms with Gasteiger partial charge in [-0.3, -0.25) is 9.89 Å². The van der Waals surface area contributed by atoms with Gasteiger partial charge in [-0.05, 0) is 48.7 Å². The Morgan fingerprint density at radius 1 is 1.20 bits per heavy atom. The van der Waals surface area contributed by atoms with Crippen LogP contribution in [0.5, 0.6) is 5.75 Å². The fourth-order valence-corrected chi connectivity index (χ4v) is 2.86. The molecule has 0 spiro atoms. The summed E-state index contributed by atoms with van der Waals surface area (Å²) < 4.78 is 5.83. The molecule has 1 fully saturated rings. The van der Waals surface area contributed by atoms with Crippen molar-refractivity contribution in [1.82, 2.24) is 10.2 Å².